The molecular weight excluding hydrogens is 382 g/mol. The number of aryl methyl sites for hydroxylation is 1. The number of aliphatic hydroxyl groups excluding tert-OH is 1. The van der Waals surface area contributed by atoms with Crippen molar-refractivity contribution in [2.45, 2.75) is 39.7 Å². The van der Waals surface area contributed by atoms with E-state index in [2.05, 4.69) is 21.0 Å². The lowest BCUT2D eigenvalue weighted by Gasteiger charge is -2.34. The second kappa shape index (κ2) is 7.30. The van der Waals surface area contributed by atoms with E-state index in [9.17, 15) is 9.90 Å². The molecule has 1 aliphatic rings. The Kier molecular flexibility index (Phi) is 5.29. The molecule has 1 aromatic heterocycles. The number of benzene rings is 1. The number of halogens is 1. The second-order valence-electron chi connectivity index (χ2n) is 6.83. The van der Waals surface area contributed by atoms with E-state index in [1.807, 2.05) is 47.7 Å². The highest BCUT2D eigenvalue weighted by molar-refractivity contribution is 9.10. The number of aliphatic hydroxyl groups is 1. The van der Waals surface area contributed by atoms with Gasteiger partial charge in [-0.1, -0.05) is 15.9 Å². The SMILES string of the molecule is Cc1nn(-c2ccc(Br)cc2)c(C)c1C(=O)N1CCC[C@@H]([C@@H](C)O)C1. The number of carbonyl (C=O) groups is 1. The summed E-state index contributed by atoms with van der Waals surface area (Å²) in [6, 6.07) is 7.88. The van der Waals surface area contributed by atoms with E-state index in [4.69, 9.17) is 0 Å². The third-order valence-electron chi connectivity index (χ3n) is 5.00. The number of carbonyl (C=O) groups excluding carboxylic acids is 1. The maximum absolute atomic E-state index is 13.1. The topological polar surface area (TPSA) is 58.4 Å². The number of likely N-dealkylation sites (tertiary alicyclic amines) is 1. The molecule has 1 amide bonds. The molecule has 25 heavy (non-hydrogen) atoms. The number of nitrogens with zero attached hydrogens (tertiary/aromatic N) is 3. The maximum atomic E-state index is 13.1. The predicted octanol–water partition coefficient (Wildman–Crippen LogP) is 3.48. The van der Waals surface area contributed by atoms with Crippen molar-refractivity contribution in [3.05, 3.63) is 45.7 Å². The number of hydrogen-bond donors (Lipinski definition) is 1. The average molecular weight is 406 g/mol. The zero-order chi connectivity index (χ0) is 18.1. The van der Waals surface area contributed by atoms with Crippen LogP contribution in [-0.4, -0.2) is 44.9 Å². The van der Waals surface area contributed by atoms with Crippen LogP contribution >= 0.6 is 15.9 Å². The standard InChI is InChI=1S/C19H24BrN3O2/c1-12-18(19(25)22-10-4-5-15(11-22)14(3)24)13(2)23(21-12)17-8-6-16(20)7-9-17/h6-9,14-15,24H,4-5,10-11H2,1-3H3/t14-,15-/m1/s1. The highest BCUT2D eigenvalue weighted by Gasteiger charge is 2.30. The van der Waals surface area contributed by atoms with Crippen LogP contribution in [0.5, 0.6) is 0 Å². The van der Waals surface area contributed by atoms with Gasteiger partial charge < -0.3 is 10.0 Å². The Labute approximate surface area is 156 Å². The molecule has 2 aromatic rings. The Bertz CT molecular complexity index is 768. The molecule has 3 rings (SSSR count). The van der Waals surface area contributed by atoms with Gasteiger partial charge in [0.1, 0.15) is 0 Å². The molecule has 0 unspecified atom stereocenters. The average Bonchev–Trinajstić information content (AvgIpc) is 2.89. The van der Waals surface area contributed by atoms with Gasteiger partial charge in [-0.05, 0) is 57.9 Å². The van der Waals surface area contributed by atoms with Crippen LogP contribution in [0.1, 0.15) is 41.5 Å². The quantitative estimate of drug-likeness (QED) is 0.849. The molecule has 2 atom stereocenters. The minimum Gasteiger partial charge on any atom is -0.393 e. The normalized spacial score (nSPS) is 19.1. The van der Waals surface area contributed by atoms with Crippen LogP contribution < -0.4 is 0 Å². The van der Waals surface area contributed by atoms with Crippen LogP contribution in [-0.2, 0) is 0 Å². The van der Waals surface area contributed by atoms with Gasteiger partial charge in [0.15, 0.2) is 0 Å². The molecule has 134 valence electrons. The number of hydrogen-bond acceptors (Lipinski definition) is 3. The van der Waals surface area contributed by atoms with Crippen molar-refractivity contribution in [2.24, 2.45) is 5.92 Å². The van der Waals surface area contributed by atoms with Gasteiger partial charge in [-0.15, -0.1) is 0 Å². The summed E-state index contributed by atoms with van der Waals surface area (Å²) in [7, 11) is 0. The Balaban J connectivity index is 1.90. The number of rotatable bonds is 3. The fourth-order valence-electron chi connectivity index (χ4n) is 3.53. The van der Waals surface area contributed by atoms with Crippen LogP contribution in [0.4, 0.5) is 0 Å². The lowest BCUT2D eigenvalue weighted by molar-refractivity contribution is 0.0465. The van der Waals surface area contributed by atoms with E-state index in [-0.39, 0.29) is 17.9 Å². The molecule has 1 N–H and O–H groups in total. The van der Waals surface area contributed by atoms with Crippen LogP contribution in [0.3, 0.4) is 0 Å². The van der Waals surface area contributed by atoms with Gasteiger partial charge in [0.05, 0.1) is 28.7 Å². The minimum atomic E-state index is -0.386. The van der Waals surface area contributed by atoms with Gasteiger partial charge in [0, 0.05) is 23.5 Å². The minimum absolute atomic E-state index is 0.0173. The first-order chi connectivity index (χ1) is 11.9. The Hall–Kier alpha value is -1.66. The molecule has 2 heterocycles. The fourth-order valence-corrected chi connectivity index (χ4v) is 3.80. The fraction of sp³-hybridized carbons (Fsp3) is 0.474. The predicted molar refractivity (Wildman–Crippen MR) is 101 cm³/mol. The highest BCUT2D eigenvalue weighted by Crippen LogP contribution is 2.25. The number of aromatic nitrogens is 2. The first-order valence-corrected chi connectivity index (χ1v) is 9.47. The Morgan fingerprint density at radius 3 is 2.64 bits per heavy atom. The monoisotopic (exact) mass is 405 g/mol. The summed E-state index contributed by atoms with van der Waals surface area (Å²) in [5.74, 6) is 0.170. The molecule has 0 bridgehead atoms. The first kappa shape index (κ1) is 18.1. The summed E-state index contributed by atoms with van der Waals surface area (Å²) < 4.78 is 2.83. The third kappa shape index (κ3) is 3.65. The maximum Gasteiger partial charge on any atom is 0.257 e. The van der Waals surface area contributed by atoms with Crippen molar-refractivity contribution in [1.29, 1.82) is 0 Å². The number of piperidine rings is 1. The third-order valence-corrected chi connectivity index (χ3v) is 5.53. The van der Waals surface area contributed by atoms with Crippen molar-refractivity contribution in [3.8, 4) is 5.69 Å². The molecule has 1 saturated heterocycles. The molecule has 0 radical (unpaired) electrons. The van der Waals surface area contributed by atoms with Crippen molar-refractivity contribution in [3.63, 3.8) is 0 Å². The molecule has 6 heteroatoms. The van der Waals surface area contributed by atoms with E-state index in [0.29, 0.717) is 12.1 Å². The molecule has 1 aliphatic heterocycles. The molecule has 5 nitrogen and oxygen atoms in total. The molecule has 1 fully saturated rings. The summed E-state index contributed by atoms with van der Waals surface area (Å²) in [5.41, 5.74) is 3.20. The molecular formula is C19H24BrN3O2. The summed E-state index contributed by atoms with van der Waals surface area (Å²) in [5, 5.41) is 14.5. The lowest BCUT2D eigenvalue weighted by Crippen LogP contribution is -2.43. The summed E-state index contributed by atoms with van der Waals surface area (Å²) in [6.07, 6.45) is 1.51. The first-order valence-electron chi connectivity index (χ1n) is 8.68. The van der Waals surface area contributed by atoms with Gasteiger partial charge in [0.25, 0.3) is 5.91 Å². The van der Waals surface area contributed by atoms with E-state index < -0.39 is 0 Å². The van der Waals surface area contributed by atoms with Gasteiger partial charge in [-0.2, -0.15) is 5.10 Å². The lowest BCUT2D eigenvalue weighted by atomic mass is 9.93. The van der Waals surface area contributed by atoms with Crippen molar-refractivity contribution in [1.82, 2.24) is 14.7 Å². The summed E-state index contributed by atoms with van der Waals surface area (Å²) >= 11 is 3.44. The Morgan fingerprint density at radius 1 is 1.32 bits per heavy atom. The summed E-state index contributed by atoms with van der Waals surface area (Å²) in [6.45, 7) is 6.97. The van der Waals surface area contributed by atoms with Crippen molar-refractivity contribution >= 4 is 21.8 Å². The van der Waals surface area contributed by atoms with Gasteiger partial charge in [0.2, 0.25) is 0 Å². The van der Waals surface area contributed by atoms with Crippen LogP contribution in [0.25, 0.3) is 5.69 Å². The molecule has 1 aromatic carbocycles. The highest BCUT2D eigenvalue weighted by atomic mass is 79.9. The van der Waals surface area contributed by atoms with Crippen molar-refractivity contribution < 1.29 is 9.90 Å². The van der Waals surface area contributed by atoms with E-state index in [1.165, 1.54) is 0 Å². The van der Waals surface area contributed by atoms with Gasteiger partial charge in [-0.25, -0.2) is 4.68 Å². The Morgan fingerprint density at radius 2 is 2.00 bits per heavy atom. The van der Waals surface area contributed by atoms with Crippen LogP contribution in [0.2, 0.25) is 0 Å². The molecule has 0 aliphatic carbocycles. The van der Waals surface area contributed by atoms with Crippen LogP contribution in [0, 0.1) is 19.8 Å². The zero-order valence-corrected chi connectivity index (χ0v) is 16.5. The van der Waals surface area contributed by atoms with Gasteiger partial charge in [-0.3, -0.25) is 4.79 Å². The van der Waals surface area contributed by atoms with Crippen LogP contribution in [0.15, 0.2) is 28.7 Å². The zero-order valence-electron chi connectivity index (χ0n) is 14.9. The van der Waals surface area contributed by atoms with E-state index in [0.717, 1.165) is 40.9 Å². The van der Waals surface area contributed by atoms with Crippen molar-refractivity contribution in [2.75, 3.05) is 13.1 Å². The van der Waals surface area contributed by atoms with E-state index in [1.54, 1.807) is 6.92 Å². The molecule has 0 spiro atoms. The smallest absolute Gasteiger partial charge is 0.257 e. The molecule has 0 saturated carbocycles. The van der Waals surface area contributed by atoms with Gasteiger partial charge >= 0.3 is 0 Å². The second-order valence-corrected chi connectivity index (χ2v) is 7.74. The summed E-state index contributed by atoms with van der Waals surface area (Å²) in [4.78, 5) is 15.0. The van der Waals surface area contributed by atoms with E-state index >= 15 is 0 Å². The largest absolute Gasteiger partial charge is 0.393 e. The number of amides is 1.